The van der Waals surface area contributed by atoms with Crippen LogP contribution < -0.4 is 10.1 Å². The van der Waals surface area contributed by atoms with Gasteiger partial charge >= 0.3 is 0 Å². The molecular formula is C22H23N3O3. The Balaban J connectivity index is 1.44. The highest BCUT2D eigenvalue weighted by molar-refractivity contribution is 5.78. The van der Waals surface area contributed by atoms with E-state index in [2.05, 4.69) is 15.5 Å². The van der Waals surface area contributed by atoms with Gasteiger partial charge in [-0.05, 0) is 37.1 Å². The lowest BCUT2D eigenvalue weighted by Gasteiger charge is -2.22. The van der Waals surface area contributed by atoms with Crippen molar-refractivity contribution in [1.29, 1.82) is 0 Å². The van der Waals surface area contributed by atoms with Gasteiger partial charge in [0.25, 0.3) is 11.8 Å². The average Bonchev–Trinajstić information content (AvgIpc) is 3.24. The second-order valence-electron chi connectivity index (χ2n) is 6.97. The third-order valence-corrected chi connectivity index (χ3v) is 4.89. The molecule has 6 nitrogen and oxygen atoms in total. The van der Waals surface area contributed by atoms with E-state index in [9.17, 15) is 4.79 Å². The number of rotatable bonds is 6. The topological polar surface area (TPSA) is 77.2 Å². The maximum atomic E-state index is 12.2. The van der Waals surface area contributed by atoms with Crippen molar-refractivity contribution < 1.29 is 13.9 Å². The van der Waals surface area contributed by atoms with Gasteiger partial charge in [0, 0.05) is 11.6 Å². The fourth-order valence-electron chi connectivity index (χ4n) is 3.46. The highest BCUT2D eigenvalue weighted by atomic mass is 16.5. The Labute approximate surface area is 163 Å². The predicted octanol–water partition coefficient (Wildman–Crippen LogP) is 4.23. The molecule has 0 radical (unpaired) electrons. The molecule has 0 bridgehead atoms. The summed E-state index contributed by atoms with van der Waals surface area (Å²) >= 11 is 0. The molecular weight excluding hydrogens is 354 g/mol. The maximum Gasteiger partial charge on any atom is 0.258 e. The summed E-state index contributed by atoms with van der Waals surface area (Å²) in [6, 6.07) is 17.2. The van der Waals surface area contributed by atoms with Crippen molar-refractivity contribution in [3.8, 4) is 28.7 Å². The second kappa shape index (κ2) is 8.69. The number of nitrogens with one attached hydrogen (secondary N) is 1. The molecule has 0 saturated heterocycles. The molecule has 1 saturated carbocycles. The van der Waals surface area contributed by atoms with Crippen LogP contribution in [0.25, 0.3) is 22.9 Å². The molecule has 4 rings (SSSR count). The summed E-state index contributed by atoms with van der Waals surface area (Å²) in [4.78, 5) is 12.2. The summed E-state index contributed by atoms with van der Waals surface area (Å²) in [5.41, 5.74) is 1.52. The summed E-state index contributed by atoms with van der Waals surface area (Å²) in [6.07, 6.45) is 5.70. The molecule has 1 aliphatic carbocycles. The number of amides is 1. The molecule has 1 heterocycles. The van der Waals surface area contributed by atoms with E-state index < -0.39 is 0 Å². The molecule has 0 spiro atoms. The zero-order chi connectivity index (χ0) is 19.2. The molecule has 0 unspecified atom stereocenters. The number of benzene rings is 2. The van der Waals surface area contributed by atoms with E-state index in [1.807, 2.05) is 48.5 Å². The standard InChI is InChI=1S/C22H23N3O3/c26-20(23-17-11-5-2-6-12-17)15-27-19-14-8-7-13-18(19)22-25-24-21(28-22)16-9-3-1-4-10-16/h1,3-4,7-10,13-14,17H,2,5-6,11-12,15H2,(H,23,26). The molecule has 1 amide bonds. The Morgan fingerprint density at radius 3 is 2.50 bits per heavy atom. The van der Waals surface area contributed by atoms with E-state index in [0.717, 1.165) is 18.4 Å². The SMILES string of the molecule is O=C(COc1ccccc1-c1nnc(-c2ccccc2)o1)NC1CCCCC1. The first-order valence-corrected chi connectivity index (χ1v) is 9.70. The fourth-order valence-corrected chi connectivity index (χ4v) is 3.46. The molecule has 0 atom stereocenters. The summed E-state index contributed by atoms with van der Waals surface area (Å²) in [5.74, 6) is 1.25. The predicted molar refractivity (Wildman–Crippen MR) is 106 cm³/mol. The Bertz CT molecular complexity index is 918. The Kier molecular flexibility index (Phi) is 5.66. The molecule has 1 aliphatic rings. The van der Waals surface area contributed by atoms with Crippen molar-refractivity contribution in [2.75, 3.05) is 6.61 Å². The van der Waals surface area contributed by atoms with Crippen LogP contribution in [0.2, 0.25) is 0 Å². The molecule has 144 valence electrons. The van der Waals surface area contributed by atoms with Gasteiger partial charge in [0.1, 0.15) is 5.75 Å². The van der Waals surface area contributed by atoms with E-state index in [1.165, 1.54) is 19.3 Å². The zero-order valence-electron chi connectivity index (χ0n) is 15.6. The quantitative estimate of drug-likeness (QED) is 0.695. The molecule has 6 heteroatoms. The molecule has 0 aliphatic heterocycles. The van der Waals surface area contributed by atoms with Gasteiger partial charge in [0.15, 0.2) is 6.61 Å². The van der Waals surface area contributed by atoms with Gasteiger partial charge in [-0.15, -0.1) is 10.2 Å². The smallest absolute Gasteiger partial charge is 0.258 e. The second-order valence-corrected chi connectivity index (χ2v) is 6.97. The van der Waals surface area contributed by atoms with Gasteiger partial charge in [0.2, 0.25) is 5.89 Å². The molecule has 1 N–H and O–H groups in total. The Hall–Kier alpha value is -3.15. The number of carbonyl (C=O) groups is 1. The summed E-state index contributed by atoms with van der Waals surface area (Å²) in [5, 5.41) is 11.3. The summed E-state index contributed by atoms with van der Waals surface area (Å²) in [6.45, 7) is -0.0345. The maximum absolute atomic E-state index is 12.2. The van der Waals surface area contributed by atoms with Crippen molar-refractivity contribution in [3.63, 3.8) is 0 Å². The van der Waals surface area contributed by atoms with Crippen LogP contribution in [-0.2, 0) is 4.79 Å². The van der Waals surface area contributed by atoms with E-state index in [4.69, 9.17) is 9.15 Å². The zero-order valence-corrected chi connectivity index (χ0v) is 15.6. The van der Waals surface area contributed by atoms with E-state index >= 15 is 0 Å². The van der Waals surface area contributed by atoms with E-state index in [1.54, 1.807) is 6.07 Å². The normalized spacial score (nSPS) is 14.6. The first kappa shape index (κ1) is 18.2. The van der Waals surface area contributed by atoms with Crippen molar-refractivity contribution in [3.05, 3.63) is 54.6 Å². The van der Waals surface area contributed by atoms with E-state index in [0.29, 0.717) is 23.1 Å². The first-order chi connectivity index (χ1) is 13.8. The van der Waals surface area contributed by atoms with Crippen LogP contribution in [0.3, 0.4) is 0 Å². The molecule has 1 aromatic heterocycles. The average molecular weight is 377 g/mol. The van der Waals surface area contributed by atoms with Crippen molar-refractivity contribution in [2.24, 2.45) is 0 Å². The van der Waals surface area contributed by atoms with Crippen LogP contribution in [0.5, 0.6) is 5.75 Å². The summed E-state index contributed by atoms with van der Waals surface area (Å²) in [7, 11) is 0. The van der Waals surface area contributed by atoms with Crippen LogP contribution in [0.4, 0.5) is 0 Å². The van der Waals surface area contributed by atoms with Crippen LogP contribution in [0, 0.1) is 0 Å². The minimum absolute atomic E-state index is 0.0345. The van der Waals surface area contributed by atoms with Gasteiger partial charge in [-0.3, -0.25) is 4.79 Å². The van der Waals surface area contributed by atoms with Crippen molar-refractivity contribution in [1.82, 2.24) is 15.5 Å². The van der Waals surface area contributed by atoms with Crippen molar-refractivity contribution >= 4 is 5.91 Å². The number of ether oxygens (including phenoxy) is 1. The minimum atomic E-state index is -0.0998. The third kappa shape index (κ3) is 4.39. The largest absolute Gasteiger partial charge is 0.483 e. The lowest BCUT2D eigenvalue weighted by Crippen LogP contribution is -2.39. The van der Waals surface area contributed by atoms with Gasteiger partial charge in [0.05, 0.1) is 5.56 Å². The fraction of sp³-hybridized carbons (Fsp3) is 0.318. The lowest BCUT2D eigenvalue weighted by molar-refractivity contribution is -0.124. The lowest BCUT2D eigenvalue weighted by atomic mass is 9.95. The van der Waals surface area contributed by atoms with E-state index in [-0.39, 0.29) is 18.6 Å². The van der Waals surface area contributed by atoms with Crippen LogP contribution in [-0.4, -0.2) is 28.8 Å². The highest BCUT2D eigenvalue weighted by Crippen LogP contribution is 2.30. The van der Waals surface area contributed by atoms with Gasteiger partial charge in [-0.2, -0.15) is 0 Å². The van der Waals surface area contributed by atoms with Gasteiger partial charge < -0.3 is 14.5 Å². The first-order valence-electron chi connectivity index (χ1n) is 9.70. The number of carbonyl (C=O) groups excluding carboxylic acids is 1. The number of aromatic nitrogens is 2. The van der Waals surface area contributed by atoms with Gasteiger partial charge in [-0.25, -0.2) is 0 Å². The van der Waals surface area contributed by atoms with Gasteiger partial charge in [-0.1, -0.05) is 49.6 Å². The Morgan fingerprint density at radius 1 is 0.964 bits per heavy atom. The third-order valence-electron chi connectivity index (χ3n) is 4.89. The molecule has 2 aromatic carbocycles. The minimum Gasteiger partial charge on any atom is -0.483 e. The number of para-hydroxylation sites is 1. The molecule has 28 heavy (non-hydrogen) atoms. The number of hydrogen-bond acceptors (Lipinski definition) is 5. The van der Waals surface area contributed by atoms with Crippen molar-refractivity contribution in [2.45, 2.75) is 38.1 Å². The number of nitrogens with zero attached hydrogens (tertiary/aromatic N) is 2. The van der Waals surface area contributed by atoms with Crippen LogP contribution in [0.1, 0.15) is 32.1 Å². The monoisotopic (exact) mass is 377 g/mol. The Morgan fingerprint density at radius 2 is 1.68 bits per heavy atom. The summed E-state index contributed by atoms with van der Waals surface area (Å²) < 4.78 is 11.6. The number of hydrogen-bond donors (Lipinski definition) is 1. The van der Waals surface area contributed by atoms with Crippen LogP contribution in [0.15, 0.2) is 59.0 Å². The highest BCUT2D eigenvalue weighted by Gasteiger charge is 2.18. The molecule has 3 aromatic rings. The molecule has 1 fully saturated rings. The van der Waals surface area contributed by atoms with Crippen LogP contribution >= 0.6 is 0 Å².